The highest BCUT2D eigenvalue weighted by Gasteiger charge is 2.08. The van der Waals surface area contributed by atoms with Crippen molar-refractivity contribution in [2.24, 2.45) is 0 Å². The van der Waals surface area contributed by atoms with Crippen molar-refractivity contribution in [1.29, 1.82) is 0 Å². The Morgan fingerprint density at radius 2 is 1.91 bits per heavy atom. The first kappa shape index (κ1) is 15.6. The number of ether oxygens (including phenoxy) is 1. The Labute approximate surface area is 130 Å². The lowest BCUT2D eigenvalue weighted by atomic mass is 10.1. The number of carboxylic acid groups (broad SMARTS) is 1. The van der Waals surface area contributed by atoms with Crippen LogP contribution in [0.4, 0.5) is 4.79 Å². The highest BCUT2D eigenvalue weighted by atomic mass is 16.5. The summed E-state index contributed by atoms with van der Waals surface area (Å²) in [5.41, 5.74) is 2.09. The molecular weight excluding hydrogens is 278 g/mol. The molecule has 0 bridgehead atoms. The molecule has 2 N–H and O–H groups in total. The van der Waals surface area contributed by atoms with Crippen LogP contribution in [0.25, 0.3) is 0 Å². The molecule has 114 valence electrons. The summed E-state index contributed by atoms with van der Waals surface area (Å²) in [7, 11) is 0. The van der Waals surface area contributed by atoms with Crippen molar-refractivity contribution in [3.05, 3.63) is 78.4 Å². The molecule has 0 heterocycles. The highest BCUT2D eigenvalue weighted by molar-refractivity contribution is 5.65. The van der Waals surface area contributed by atoms with Gasteiger partial charge in [-0.15, -0.1) is 6.58 Å². The summed E-state index contributed by atoms with van der Waals surface area (Å²) in [5, 5.41) is 11.2. The Morgan fingerprint density at radius 3 is 2.59 bits per heavy atom. The number of hydrogen-bond donors (Lipinski definition) is 2. The predicted octanol–water partition coefficient (Wildman–Crippen LogP) is 3.63. The van der Waals surface area contributed by atoms with Crippen molar-refractivity contribution in [3.63, 3.8) is 0 Å². The molecule has 0 saturated heterocycles. The number of amides is 1. The summed E-state index contributed by atoms with van der Waals surface area (Å²) in [6.07, 6.45) is 1.07. The fourth-order valence-electron chi connectivity index (χ4n) is 2.11. The molecule has 2 rings (SSSR count). The Morgan fingerprint density at radius 1 is 1.18 bits per heavy atom. The summed E-state index contributed by atoms with van der Waals surface area (Å²) >= 11 is 0. The second-order valence-corrected chi connectivity index (χ2v) is 4.92. The summed E-state index contributed by atoms with van der Waals surface area (Å²) in [6, 6.07) is 17.3. The molecule has 0 aliphatic carbocycles. The van der Waals surface area contributed by atoms with Crippen molar-refractivity contribution in [2.75, 3.05) is 0 Å². The molecule has 0 radical (unpaired) electrons. The van der Waals surface area contributed by atoms with Crippen LogP contribution in [0.2, 0.25) is 0 Å². The molecule has 0 aliphatic rings. The minimum Gasteiger partial charge on any atom is -0.489 e. The minimum absolute atomic E-state index is 0.318. The van der Waals surface area contributed by atoms with Gasteiger partial charge in [0.2, 0.25) is 0 Å². The van der Waals surface area contributed by atoms with Gasteiger partial charge in [0, 0.05) is 0 Å². The van der Waals surface area contributed by atoms with E-state index >= 15 is 0 Å². The topological polar surface area (TPSA) is 58.6 Å². The van der Waals surface area contributed by atoms with Crippen molar-refractivity contribution >= 4 is 6.09 Å². The van der Waals surface area contributed by atoms with E-state index in [4.69, 9.17) is 9.84 Å². The highest BCUT2D eigenvalue weighted by Crippen LogP contribution is 2.16. The van der Waals surface area contributed by atoms with Crippen LogP contribution in [0.1, 0.15) is 11.1 Å². The van der Waals surface area contributed by atoms with Crippen molar-refractivity contribution in [2.45, 2.75) is 19.1 Å². The maximum atomic E-state index is 10.7. The monoisotopic (exact) mass is 297 g/mol. The average Bonchev–Trinajstić information content (AvgIpc) is 2.53. The zero-order chi connectivity index (χ0) is 15.8. The van der Waals surface area contributed by atoms with E-state index < -0.39 is 6.09 Å². The van der Waals surface area contributed by atoms with E-state index in [1.165, 1.54) is 0 Å². The van der Waals surface area contributed by atoms with Crippen LogP contribution in [0.5, 0.6) is 5.75 Å². The summed E-state index contributed by atoms with van der Waals surface area (Å²) in [5.74, 6) is 0.763. The Balaban J connectivity index is 1.97. The van der Waals surface area contributed by atoms with Crippen LogP contribution >= 0.6 is 0 Å². The van der Waals surface area contributed by atoms with Crippen molar-refractivity contribution < 1.29 is 14.6 Å². The molecule has 0 spiro atoms. The lowest BCUT2D eigenvalue weighted by molar-refractivity contribution is 0.192. The van der Waals surface area contributed by atoms with Crippen LogP contribution in [0.3, 0.4) is 0 Å². The molecule has 4 heteroatoms. The second kappa shape index (κ2) is 7.88. The third-order valence-corrected chi connectivity index (χ3v) is 3.20. The quantitative estimate of drug-likeness (QED) is 0.767. The van der Waals surface area contributed by atoms with Gasteiger partial charge in [-0.1, -0.05) is 48.5 Å². The zero-order valence-electron chi connectivity index (χ0n) is 12.2. The lowest BCUT2D eigenvalue weighted by Crippen LogP contribution is -2.33. The van der Waals surface area contributed by atoms with Gasteiger partial charge < -0.3 is 15.2 Å². The maximum Gasteiger partial charge on any atom is 0.405 e. The van der Waals surface area contributed by atoms with Gasteiger partial charge in [0.1, 0.15) is 12.4 Å². The molecule has 4 nitrogen and oxygen atoms in total. The predicted molar refractivity (Wildman–Crippen MR) is 86.1 cm³/mol. The maximum absolute atomic E-state index is 10.7. The van der Waals surface area contributed by atoms with Crippen LogP contribution in [0, 0.1) is 0 Å². The van der Waals surface area contributed by atoms with Gasteiger partial charge in [0.25, 0.3) is 0 Å². The van der Waals surface area contributed by atoms with E-state index in [2.05, 4.69) is 11.9 Å². The van der Waals surface area contributed by atoms with Crippen LogP contribution in [-0.2, 0) is 13.0 Å². The molecular formula is C18H19NO3. The average molecular weight is 297 g/mol. The first-order chi connectivity index (χ1) is 10.7. The molecule has 0 saturated carbocycles. The van der Waals surface area contributed by atoms with Crippen LogP contribution < -0.4 is 10.1 Å². The van der Waals surface area contributed by atoms with E-state index in [1.807, 2.05) is 54.6 Å². The number of rotatable bonds is 7. The van der Waals surface area contributed by atoms with Gasteiger partial charge in [-0.3, -0.25) is 0 Å². The van der Waals surface area contributed by atoms with E-state index in [0.29, 0.717) is 13.0 Å². The number of nitrogens with one attached hydrogen (secondary N) is 1. The van der Waals surface area contributed by atoms with Crippen molar-refractivity contribution in [3.8, 4) is 5.75 Å². The molecule has 0 fully saturated rings. The number of carbonyl (C=O) groups is 1. The van der Waals surface area contributed by atoms with Gasteiger partial charge in [-0.05, 0) is 29.7 Å². The van der Waals surface area contributed by atoms with Gasteiger partial charge in [-0.2, -0.15) is 0 Å². The third-order valence-electron chi connectivity index (χ3n) is 3.20. The first-order valence-electron chi connectivity index (χ1n) is 7.05. The number of benzene rings is 2. The standard InChI is InChI=1S/C18H19NO3/c1-2-16(19-18(20)21)11-15-9-6-10-17(12-15)22-13-14-7-4-3-5-8-14/h2-10,12,16,19H,1,11,13H2,(H,20,21). The molecule has 1 amide bonds. The zero-order valence-corrected chi connectivity index (χ0v) is 12.2. The second-order valence-electron chi connectivity index (χ2n) is 4.92. The molecule has 0 aromatic heterocycles. The fraction of sp³-hybridized carbons (Fsp3) is 0.167. The smallest absolute Gasteiger partial charge is 0.405 e. The largest absolute Gasteiger partial charge is 0.489 e. The van der Waals surface area contributed by atoms with E-state index in [1.54, 1.807) is 6.08 Å². The van der Waals surface area contributed by atoms with Gasteiger partial charge >= 0.3 is 6.09 Å². The Kier molecular flexibility index (Phi) is 5.60. The van der Waals surface area contributed by atoms with E-state index in [-0.39, 0.29) is 6.04 Å². The molecule has 2 aromatic rings. The lowest BCUT2D eigenvalue weighted by Gasteiger charge is -2.13. The molecule has 22 heavy (non-hydrogen) atoms. The summed E-state index contributed by atoms with van der Waals surface area (Å²) in [6.45, 7) is 4.15. The molecule has 0 aliphatic heterocycles. The minimum atomic E-state index is -1.05. The fourth-order valence-corrected chi connectivity index (χ4v) is 2.11. The van der Waals surface area contributed by atoms with E-state index in [0.717, 1.165) is 16.9 Å². The van der Waals surface area contributed by atoms with Crippen molar-refractivity contribution in [1.82, 2.24) is 5.32 Å². The summed E-state index contributed by atoms with van der Waals surface area (Å²) in [4.78, 5) is 10.7. The Bertz CT molecular complexity index is 625. The number of hydrogen-bond acceptors (Lipinski definition) is 2. The first-order valence-corrected chi connectivity index (χ1v) is 7.05. The van der Waals surface area contributed by atoms with E-state index in [9.17, 15) is 4.79 Å². The molecule has 1 atom stereocenters. The molecule has 1 unspecified atom stereocenters. The van der Waals surface area contributed by atoms with Gasteiger partial charge in [0.15, 0.2) is 0 Å². The SMILES string of the molecule is C=CC(Cc1cccc(OCc2ccccc2)c1)NC(=O)O. The van der Waals surface area contributed by atoms with Crippen LogP contribution in [-0.4, -0.2) is 17.2 Å². The summed E-state index contributed by atoms with van der Waals surface area (Å²) < 4.78 is 5.77. The Hall–Kier alpha value is -2.75. The third kappa shape index (κ3) is 4.98. The normalized spacial score (nSPS) is 11.5. The van der Waals surface area contributed by atoms with Gasteiger partial charge in [0.05, 0.1) is 6.04 Å². The van der Waals surface area contributed by atoms with Gasteiger partial charge in [-0.25, -0.2) is 4.79 Å². The van der Waals surface area contributed by atoms with Crippen LogP contribution in [0.15, 0.2) is 67.3 Å². The molecule has 2 aromatic carbocycles.